The van der Waals surface area contributed by atoms with E-state index in [2.05, 4.69) is 4.90 Å². The first-order valence-corrected chi connectivity index (χ1v) is 9.26. The van der Waals surface area contributed by atoms with E-state index in [-0.39, 0.29) is 0 Å². The highest BCUT2D eigenvalue weighted by atomic mass is 16.2. The number of rotatable bonds is 4. The van der Waals surface area contributed by atoms with E-state index >= 15 is 0 Å². The number of carbonyl (C=O) groups is 1. The third kappa shape index (κ3) is 2.42. The Morgan fingerprint density at radius 2 is 1.52 bits per heavy atom. The first kappa shape index (κ1) is 14.0. The summed E-state index contributed by atoms with van der Waals surface area (Å²) in [5, 5.41) is 0. The van der Waals surface area contributed by atoms with Crippen molar-refractivity contribution in [3.8, 4) is 0 Å². The zero-order valence-electron chi connectivity index (χ0n) is 13.2. The average molecular weight is 290 g/mol. The fraction of sp³-hybridized carbons (Fsp3) is 0.944. The predicted molar refractivity (Wildman–Crippen MR) is 83.6 cm³/mol. The molecule has 3 nitrogen and oxygen atoms in total. The minimum Gasteiger partial charge on any atom is -0.338 e. The largest absolute Gasteiger partial charge is 0.338 e. The molecule has 3 heteroatoms. The number of amides is 1. The Morgan fingerprint density at radius 3 is 2.05 bits per heavy atom. The van der Waals surface area contributed by atoms with Crippen LogP contribution in [0.4, 0.5) is 0 Å². The van der Waals surface area contributed by atoms with Gasteiger partial charge in [-0.05, 0) is 68.6 Å². The molecule has 0 saturated heterocycles. The second kappa shape index (κ2) is 5.57. The van der Waals surface area contributed by atoms with E-state index in [0.717, 1.165) is 18.4 Å². The molecule has 0 aromatic rings. The maximum absolute atomic E-state index is 13.3. The van der Waals surface area contributed by atoms with Gasteiger partial charge in [-0.2, -0.15) is 0 Å². The second-order valence-corrected chi connectivity index (χ2v) is 8.22. The lowest BCUT2D eigenvalue weighted by molar-refractivity contribution is -0.151. The Kier molecular flexibility index (Phi) is 3.72. The summed E-state index contributed by atoms with van der Waals surface area (Å²) in [6.07, 6.45) is 11.8. The van der Waals surface area contributed by atoms with Gasteiger partial charge in [-0.15, -0.1) is 0 Å². The van der Waals surface area contributed by atoms with Crippen LogP contribution >= 0.6 is 0 Å². The van der Waals surface area contributed by atoms with Crippen LogP contribution in [-0.2, 0) is 4.79 Å². The Bertz CT molecular complexity index is 374. The Balaban J connectivity index is 1.52. The number of nitrogens with zero attached hydrogens (tertiary/aromatic N) is 1. The molecular weight excluding hydrogens is 260 g/mol. The molecule has 0 atom stereocenters. The summed E-state index contributed by atoms with van der Waals surface area (Å²) < 4.78 is 0. The molecule has 5 fully saturated rings. The van der Waals surface area contributed by atoms with Crippen LogP contribution in [0.15, 0.2) is 0 Å². The molecule has 21 heavy (non-hydrogen) atoms. The van der Waals surface area contributed by atoms with E-state index in [0.29, 0.717) is 36.2 Å². The topological polar surface area (TPSA) is 46.3 Å². The number of hydrogen-bond donors (Lipinski definition) is 1. The molecule has 0 radical (unpaired) electrons. The Hall–Kier alpha value is -0.570. The van der Waals surface area contributed by atoms with Gasteiger partial charge in [0.15, 0.2) is 0 Å². The van der Waals surface area contributed by atoms with Crippen LogP contribution in [0.3, 0.4) is 0 Å². The molecule has 0 aromatic heterocycles. The van der Waals surface area contributed by atoms with Gasteiger partial charge in [-0.25, -0.2) is 0 Å². The lowest BCUT2D eigenvalue weighted by atomic mass is 9.51. The van der Waals surface area contributed by atoms with Crippen LogP contribution in [0.2, 0.25) is 0 Å². The molecule has 0 heterocycles. The van der Waals surface area contributed by atoms with Crippen molar-refractivity contribution in [2.75, 3.05) is 13.1 Å². The maximum Gasteiger partial charge on any atom is 0.226 e. The molecule has 118 valence electrons. The molecule has 5 aliphatic carbocycles. The summed E-state index contributed by atoms with van der Waals surface area (Å²) in [7, 11) is 0. The molecular formula is C18H30N2O. The van der Waals surface area contributed by atoms with Crippen LogP contribution in [0.25, 0.3) is 0 Å². The van der Waals surface area contributed by atoms with E-state index in [1.54, 1.807) is 0 Å². The molecule has 0 aromatic carbocycles. The molecule has 5 rings (SSSR count). The van der Waals surface area contributed by atoms with Crippen LogP contribution < -0.4 is 5.73 Å². The highest BCUT2D eigenvalue weighted by Crippen LogP contribution is 2.57. The van der Waals surface area contributed by atoms with Crippen LogP contribution in [0.5, 0.6) is 0 Å². The molecule has 5 saturated carbocycles. The second-order valence-electron chi connectivity index (χ2n) is 8.22. The average Bonchev–Trinajstić information content (AvgIpc) is 2.97. The Labute approximate surface area is 128 Å². The SMILES string of the molecule is NCCN(C(=O)C1C2CC3CC(C2)CC1C3)C1CCCC1. The van der Waals surface area contributed by atoms with Gasteiger partial charge in [0.2, 0.25) is 5.91 Å². The van der Waals surface area contributed by atoms with Gasteiger partial charge in [0.05, 0.1) is 0 Å². The summed E-state index contributed by atoms with van der Waals surface area (Å²) in [5.41, 5.74) is 5.82. The minimum absolute atomic E-state index is 0.352. The van der Waals surface area contributed by atoms with E-state index in [9.17, 15) is 4.79 Å². The normalized spacial score (nSPS) is 41.7. The number of hydrogen-bond acceptors (Lipinski definition) is 2. The van der Waals surface area contributed by atoms with E-state index in [1.165, 1.54) is 57.8 Å². The highest BCUT2D eigenvalue weighted by molar-refractivity contribution is 5.80. The van der Waals surface area contributed by atoms with Gasteiger partial charge in [-0.3, -0.25) is 4.79 Å². The zero-order valence-corrected chi connectivity index (χ0v) is 13.2. The summed E-state index contributed by atoms with van der Waals surface area (Å²) in [6.45, 7) is 1.40. The van der Waals surface area contributed by atoms with Crippen molar-refractivity contribution < 1.29 is 4.79 Å². The third-order valence-electron chi connectivity index (χ3n) is 6.93. The van der Waals surface area contributed by atoms with Crippen molar-refractivity contribution in [1.29, 1.82) is 0 Å². The van der Waals surface area contributed by atoms with Crippen molar-refractivity contribution >= 4 is 5.91 Å². The molecule has 0 spiro atoms. The molecule has 1 amide bonds. The first-order valence-electron chi connectivity index (χ1n) is 9.26. The number of carbonyl (C=O) groups excluding carboxylic acids is 1. The fourth-order valence-corrected chi connectivity index (χ4v) is 6.35. The molecule has 4 bridgehead atoms. The van der Waals surface area contributed by atoms with Crippen molar-refractivity contribution in [3.63, 3.8) is 0 Å². The van der Waals surface area contributed by atoms with Gasteiger partial charge >= 0.3 is 0 Å². The summed E-state index contributed by atoms with van der Waals surface area (Å²) in [4.78, 5) is 15.5. The lowest BCUT2D eigenvalue weighted by Gasteiger charge is -2.54. The van der Waals surface area contributed by atoms with Gasteiger partial charge in [0, 0.05) is 25.0 Å². The van der Waals surface area contributed by atoms with Gasteiger partial charge in [0.25, 0.3) is 0 Å². The van der Waals surface area contributed by atoms with Crippen molar-refractivity contribution in [2.45, 2.75) is 63.8 Å². The van der Waals surface area contributed by atoms with Crippen molar-refractivity contribution in [1.82, 2.24) is 4.90 Å². The van der Waals surface area contributed by atoms with Gasteiger partial charge in [-0.1, -0.05) is 12.8 Å². The van der Waals surface area contributed by atoms with E-state index < -0.39 is 0 Å². The van der Waals surface area contributed by atoms with Crippen LogP contribution in [0, 0.1) is 29.6 Å². The molecule has 0 aliphatic heterocycles. The predicted octanol–water partition coefficient (Wildman–Crippen LogP) is 2.79. The molecule has 5 aliphatic rings. The molecule has 0 unspecified atom stereocenters. The van der Waals surface area contributed by atoms with Crippen molar-refractivity contribution in [3.05, 3.63) is 0 Å². The standard InChI is InChI=1S/C18H30N2O/c19-5-6-20(16-3-1-2-4-16)18(21)17-14-8-12-7-13(10-14)11-15(17)9-12/h12-17H,1-11,19H2. The monoisotopic (exact) mass is 290 g/mol. The van der Waals surface area contributed by atoms with E-state index in [4.69, 9.17) is 5.73 Å². The van der Waals surface area contributed by atoms with Gasteiger partial charge < -0.3 is 10.6 Å². The number of nitrogens with two attached hydrogens (primary N) is 1. The van der Waals surface area contributed by atoms with Crippen LogP contribution in [-0.4, -0.2) is 29.9 Å². The van der Waals surface area contributed by atoms with Crippen LogP contribution in [0.1, 0.15) is 57.8 Å². The third-order valence-corrected chi connectivity index (χ3v) is 6.93. The summed E-state index contributed by atoms with van der Waals surface area (Å²) >= 11 is 0. The smallest absolute Gasteiger partial charge is 0.226 e. The summed E-state index contributed by atoms with van der Waals surface area (Å²) in [6, 6.07) is 0.498. The molecule has 2 N–H and O–H groups in total. The quantitative estimate of drug-likeness (QED) is 0.865. The fourth-order valence-electron chi connectivity index (χ4n) is 6.35. The van der Waals surface area contributed by atoms with Crippen molar-refractivity contribution in [2.24, 2.45) is 35.3 Å². The summed E-state index contributed by atoms with van der Waals surface area (Å²) in [5.74, 6) is 4.15. The minimum atomic E-state index is 0.352. The zero-order chi connectivity index (χ0) is 14.4. The maximum atomic E-state index is 13.3. The Morgan fingerprint density at radius 1 is 0.952 bits per heavy atom. The first-order chi connectivity index (χ1) is 10.3. The highest BCUT2D eigenvalue weighted by Gasteiger charge is 2.52. The lowest BCUT2D eigenvalue weighted by Crippen LogP contribution is -2.54. The van der Waals surface area contributed by atoms with Gasteiger partial charge in [0.1, 0.15) is 0 Å². The van der Waals surface area contributed by atoms with E-state index in [1.807, 2.05) is 0 Å².